The molecule has 0 unspecified atom stereocenters. The van der Waals surface area contributed by atoms with E-state index < -0.39 is 50.5 Å². The predicted molar refractivity (Wildman–Crippen MR) is 89.6 cm³/mol. The molecule has 0 aliphatic carbocycles. The van der Waals surface area contributed by atoms with E-state index in [4.69, 9.17) is 12.2 Å². The minimum atomic E-state index is -1.96. The molecule has 0 fully saturated rings. The van der Waals surface area contributed by atoms with Crippen LogP contribution in [-0.4, -0.2) is 23.1 Å². The number of carbonyl (C=O) groups excluding carboxylic acids is 1. The average molecular weight is 403 g/mol. The van der Waals surface area contributed by atoms with E-state index in [-0.39, 0.29) is 11.4 Å². The van der Waals surface area contributed by atoms with Gasteiger partial charge in [0.1, 0.15) is 5.56 Å². The number of hydrogen-bond acceptors (Lipinski definition) is 5. The van der Waals surface area contributed by atoms with Crippen molar-refractivity contribution in [2.45, 2.75) is 0 Å². The fourth-order valence-corrected chi connectivity index (χ4v) is 2.20. The maximum absolute atomic E-state index is 13.9. The lowest BCUT2D eigenvalue weighted by Gasteiger charge is -2.12. The molecule has 142 valence electrons. The van der Waals surface area contributed by atoms with Gasteiger partial charge in [-0.25, -0.2) is 8.78 Å². The number of amides is 1. The summed E-state index contributed by atoms with van der Waals surface area (Å²) in [5, 5.41) is 14.4. The molecule has 0 aliphatic rings. The lowest BCUT2D eigenvalue weighted by molar-refractivity contribution is -0.384. The molecule has 12 heteroatoms. The molecule has 0 aliphatic heterocycles. The topological polar surface area (TPSA) is 93.5 Å². The molecule has 2 aromatic rings. The van der Waals surface area contributed by atoms with Crippen LogP contribution in [-0.2, 0) is 0 Å². The second-order valence-corrected chi connectivity index (χ2v) is 5.28. The van der Waals surface area contributed by atoms with Gasteiger partial charge in [0.15, 0.2) is 22.5 Å². The van der Waals surface area contributed by atoms with Crippen LogP contribution in [0, 0.1) is 33.4 Å². The number of non-ortho nitro benzene ring substituents is 1. The van der Waals surface area contributed by atoms with E-state index in [1.807, 2.05) is 5.32 Å². The summed E-state index contributed by atoms with van der Waals surface area (Å²) in [5.74, 6) is -10.5. The largest absolute Gasteiger partial charge is 0.491 e. The number of methoxy groups -OCH3 is 1. The molecule has 2 rings (SSSR count). The van der Waals surface area contributed by atoms with Gasteiger partial charge in [0.25, 0.3) is 11.6 Å². The fraction of sp³-hybridized carbons (Fsp3) is 0.0667. The molecule has 0 saturated heterocycles. The van der Waals surface area contributed by atoms with Crippen LogP contribution in [0.15, 0.2) is 24.3 Å². The highest BCUT2D eigenvalue weighted by molar-refractivity contribution is 7.80. The minimum absolute atomic E-state index is 0.205. The van der Waals surface area contributed by atoms with Gasteiger partial charge in [-0.3, -0.25) is 20.2 Å². The first kappa shape index (κ1) is 20.0. The van der Waals surface area contributed by atoms with Gasteiger partial charge in [-0.15, -0.1) is 0 Å². The van der Waals surface area contributed by atoms with Gasteiger partial charge in [-0.05, 0) is 24.4 Å². The number of nitro groups is 1. The summed E-state index contributed by atoms with van der Waals surface area (Å²) in [6, 6.07) is 4.79. The smallest absolute Gasteiger partial charge is 0.269 e. The van der Waals surface area contributed by atoms with Crippen LogP contribution in [0.4, 0.5) is 28.9 Å². The Kier molecular flexibility index (Phi) is 5.90. The Hall–Kier alpha value is -3.28. The number of benzene rings is 2. The first-order valence-corrected chi connectivity index (χ1v) is 7.34. The maximum atomic E-state index is 13.9. The summed E-state index contributed by atoms with van der Waals surface area (Å²) in [7, 11) is 0.795. The molecule has 2 N–H and O–H groups in total. The third-order valence-corrected chi connectivity index (χ3v) is 3.42. The Bertz CT molecular complexity index is 909. The normalized spacial score (nSPS) is 10.3. The van der Waals surface area contributed by atoms with Gasteiger partial charge in [-0.2, -0.15) is 8.78 Å². The first-order valence-electron chi connectivity index (χ1n) is 6.94. The van der Waals surface area contributed by atoms with Crippen LogP contribution in [0.25, 0.3) is 0 Å². The van der Waals surface area contributed by atoms with E-state index >= 15 is 0 Å². The number of carbonyl (C=O) groups is 1. The van der Waals surface area contributed by atoms with Crippen molar-refractivity contribution in [3.63, 3.8) is 0 Å². The van der Waals surface area contributed by atoms with Crippen molar-refractivity contribution in [3.8, 4) is 5.75 Å². The molecule has 0 saturated carbocycles. The number of thiocarbonyl (C=S) groups is 1. The van der Waals surface area contributed by atoms with Crippen LogP contribution in [0.2, 0.25) is 0 Å². The molecule has 0 bridgehead atoms. The highest BCUT2D eigenvalue weighted by Crippen LogP contribution is 2.29. The molecular weight excluding hydrogens is 394 g/mol. The molecule has 0 radical (unpaired) electrons. The minimum Gasteiger partial charge on any atom is -0.491 e. The Morgan fingerprint density at radius 2 is 1.59 bits per heavy atom. The van der Waals surface area contributed by atoms with E-state index in [9.17, 15) is 32.5 Å². The van der Waals surface area contributed by atoms with E-state index in [1.54, 1.807) is 0 Å². The molecule has 1 amide bonds. The van der Waals surface area contributed by atoms with Crippen molar-refractivity contribution in [2.75, 3.05) is 12.4 Å². The van der Waals surface area contributed by atoms with Gasteiger partial charge in [0.05, 0.1) is 12.0 Å². The van der Waals surface area contributed by atoms with Gasteiger partial charge < -0.3 is 10.1 Å². The van der Waals surface area contributed by atoms with Crippen LogP contribution in [0.3, 0.4) is 0 Å². The Balaban J connectivity index is 2.20. The van der Waals surface area contributed by atoms with Crippen molar-refractivity contribution in [1.82, 2.24) is 5.32 Å². The van der Waals surface area contributed by atoms with E-state index in [2.05, 4.69) is 10.1 Å². The summed E-state index contributed by atoms with van der Waals surface area (Å²) in [4.78, 5) is 21.9. The molecule has 7 nitrogen and oxygen atoms in total. The molecule has 0 aromatic heterocycles. The summed E-state index contributed by atoms with van der Waals surface area (Å²) in [5.41, 5.74) is -1.53. The fourth-order valence-electron chi connectivity index (χ4n) is 1.98. The number of nitrogens with one attached hydrogen (secondary N) is 2. The number of nitrogens with zero attached hydrogens (tertiary/aromatic N) is 1. The Morgan fingerprint density at radius 3 is 2.04 bits per heavy atom. The predicted octanol–water partition coefficient (Wildman–Crippen LogP) is 3.29. The summed E-state index contributed by atoms with van der Waals surface area (Å²) < 4.78 is 59.3. The molecule has 2 aromatic carbocycles. The average Bonchev–Trinajstić information content (AvgIpc) is 2.61. The number of anilines is 1. The van der Waals surface area contributed by atoms with Crippen molar-refractivity contribution >= 4 is 34.6 Å². The Morgan fingerprint density at radius 1 is 1.07 bits per heavy atom. The third kappa shape index (κ3) is 4.11. The molecule has 0 spiro atoms. The van der Waals surface area contributed by atoms with Crippen LogP contribution in [0.1, 0.15) is 10.4 Å². The summed E-state index contributed by atoms with van der Waals surface area (Å²) in [6.07, 6.45) is 0. The number of halogens is 4. The Labute approximate surface area is 154 Å². The quantitative estimate of drug-likeness (QED) is 0.268. The summed E-state index contributed by atoms with van der Waals surface area (Å²) in [6.45, 7) is 0. The number of rotatable bonds is 4. The molecule has 27 heavy (non-hydrogen) atoms. The zero-order valence-electron chi connectivity index (χ0n) is 13.3. The van der Waals surface area contributed by atoms with Gasteiger partial charge >= 0.3 is 0 Å². The number of ether oxygens (including phenoxy) is 1. The van der Waals surface area contributed by atoms with E-state index in [0.717, 1.165) is 19.2 Å². The van der Waals surface area contributed by atoms with Gasteiger partial charge in [0.2, 0.25) is 11.6 Å². The molecule has 0 atom stereocenters. The van der Waals surface area contributed by atoms with Crippen molar-refractivity contribution in [1.29, 1.82) is 0 Å². The van der Waals surface area contributed by atoms with Crippen molar-refractivity contribution < 1.29 is 32.0 Å². The standard InChI is InChI=1S/C15H9F4N3O4S/c1-26-13-11(18)9(16)8(10(17)12(13)19)14(23)21-15(27)20-6-2-4-7(5-3-6)22(24)25/h2-5H,1H3,(H2,20,21,23,27). The lowest BCUT2D eigenvalue weighted by Crippen LogP contribution is -2.35. The van der Waals surface area contributed by atoms with Gasteiger partial charge in [-0.1, -0.05) is 0 Å². The van der Waals surface area contributed by atoms with Gasteiger partial charge in [0, 0.05) is 17.8 Å². The first-order chi connectivity index (χ1) is 12.7. The maximum Gasteiger partial charge on any atom is 0.269 e. The third-order valence-electron chi connectivity index (χ3n) is 3.22. The lowest BCUT2D eigenvalue weighted by atomic mass is 10.1. The molecular formula is C15H9F4N3O4S. The summed E-state index contributed by atoms with van der Waals surface area (Å²) >= 11 is 4.76. The van der Waals surface area contributed by atoms with Crippen LogP contribution < -0.4 is 15.4 Å². The van der Waals surface area contributed by atoms with Crippen LogP contribution in [0.5, 0.6) is 5.75 Å². The highest BCUT2D eigenvalue weighted by atomic mass is 32.1. The second kappa shape index (κ2) is 7.95. The van der Waals surface area contributed by atoms with E-state index in [0.29, 0.717) is 0 Å². The monoisotopic (exact) mass is 403 g/mol. The SMILES string of the molecule is COc1c(F)c(F)c(C(=O)NC(=S)Nc2ccc([N+](=O)[O-])cc2)c(F)c1F. The second-order valence-electron chi connectivity index (χ2n) is 4.88. The number of nitro benzene ring substituents is 1. The van der Waals surface area contributed by atoms with Crippen molar-refractivity contribution in [3.05, 3.63) is 63.2 Å². The van der Waals surface area contributed by atoms with Crippen LogP contribution >= 0.6 is 12.2 Å². The van der Waals surface area contributed by atoms with E-state index in [1.165, 1.54) is 12.1 Å². The zero-order valence-corrected chi connectivity index (χ0v) is 14.1. The molecule has 0 heterocycles. The number of hydrogen-bond donors (Lipinski definition) is 2. The highest BCUT2D eigenvalue weighted by Gasteiger charge is 2.30. The van der Waals surface area contributed by atoms with Crippen molar-refractivity contribution in [2.24, 2.45) is 0 Å². The zero-order chi connectivity index (χ0) is 20.3.